The first kappa shape index (κ1) is 12.6. The number of carbonyl (C=O) groups excluding carboxylic acids is 1. The van der Waals surface area contributed by atoms with Crippen molar-refractivity contribution in [1.82, 2.24) is 10.6 Å². The van der Waals surface area contributed by atoms with Crippen LogP contribution >= 0.6 is 0 Å². The van der Waals surface area contributed by atoms with Crippen LogP contribution in [0.25, 0.3) is 0 Å². The predicted molar refractivity (Wildman–Crippen MR) is 61.5 cm³/mol. The van der Waals surface area contributed by atoms with E-state index < -0.39 is 0 Å². The fourth-order valence-corrected chi connectivity index (χ4v) is 1.43. The van der Waals surface area contributed by atoms with Crippen LogP contribution in [-0.2, 0) is 11.3 Å². The van der Waals surface area contributed by atoms with Gasteiger partial charge in [0, 0.05) is 13.6 Å². The molecule has 0 aliphatic carbocycles. The Balaban J connectivity index is 2.58. The fourth-order valence-electron chi connectivity index (χ4n) is 1.43. The summed E-state index contributed by atoms with van der Waals surface area (Å²) >= 11 is 0. The van der Waals surface area contributed by atoms with Crippen molar-refractivity contribution in [2.75, 3.05) is 7.05 Å². The zero-order valence-electron chi connectivity index (χ0n) is 9.80. The lowest BCUT2D eigenvalue weighted by Gasteiger charge is -2.13. The van der Waals surface area contributed by atoms with Crippen molar-refractivity contribution in [3.05, 3.63) is 35.1 Å². The summed E-state index contributed by atoms with van der Waals surface area (Å²) in [6.07, 6.45) is 0. The van der Waals surface area contributed by atoms with Crippen molar-refractivity contribution in [3.63, 3.8) is 0 Å². The van der Waals surface area contributed by atoms with E-state index in [0.29, 0.717) is 6.54 Å². The van der Waals surface area contributed by atoms with Crippen molar-refractivity contribution in [1.29, 1.82) is 0 Å². The molecular formula is C12H17FN2O. The second kappa shape index (κ2) is 5.61. The molecule has 0 saturated carbocycles. The van der Waals surface area contributed by atoms with Gasteiger partial charge in [-0.25, -0.2) is 4.39 Å². The fraction of sp³-hybridized carbons (Fsp3) is 0.417. The van der Waals surface area contributed by atoms with Gasteiger partial charge in [0.1, 0.15) is 5.82 Å². The second-order valence-corrected chi connectivity index (χ2v) is 3.79. The van der Waals surface area contributed by atoms with Gasteiger partial charge in [-0.2, -0.15) is 0 Å². The number of aryl methyl sites for hydroxylation is 1. The first-order valence-corrected chi connectivity index (χ1v) is 5.24. The minimum atomic E-state index is -0.255. The molecule has 0 aliphatic heterocycles. The average molecular weight is 224 g/mol. The molecule has 0 saturated heterocycles. The maximum Gasteiger partial charge on any atom is 0.236 e. The van der Waals surface area contributed by atoms with Gasteiger partial charge >= 0.3 is 0 Å². The molecule has 1 aromatic carbocycles. The SMILES string of the molecule is CNC(=O)C(C)NCc1ccc(F)cc1C. The normalized spacial score (nSPS) is 12.2. The predicted octanol–water partition coefficient (Wildman–Crippen LogP) is 1.36. The van der Waals surface area contributed by atoms with E-state index in [0.717, 1.165) is 11.1 Å². The molecule has 0 aromatic heterocycles. The number of amides is 1. The van der Waals surface area contributed by atoms with Gasteiger partial charge in [0.2, 0.25) is 5.91 Å². The van der Waals surface area contributed by atoms with Gasteiger partial charge in [-0.15, -0.1) is 0 Å². The van der Waals surface area contributed by atoms with E-state index in [1.54, 1.807) is 20.0 Å². The summed E-state index contributed by atoms with van der Waals surface area (Å²) in [5.74, 6) is -0.291. The van der Waals surface area contributed by atoms with Crippen LogP contribution in [0.15, 0.2) is 18.2 Å². The summed E-state index contributed by atoms with van der Waals surface area (Å²) in [5, 5.41) is 5.64. The molecule has 0 fully saturated rings. The first-order valence-electron chi connectivity index (χ1n) is 5.24. The third-order valence-corrected chi connectivity index (χ3v) is 2.54. The van der Waals surface area contributed by atoms with Crippen LogP contribution in [0.4, 0.5) is 4.39 Å². The first-order chi connectivity index (χ1) is 7.54. The van der Waals surface area contributed by atoms with Crippen molar-refractivity contribution in [2.45, 2.75) is 26.4 Å². The molecule has 2 N–H and O–H groups in total. The van der Waals surface area contributed by atoms with E-state index >= 15 is 0 Å². The molecule has 88 valence electrons. The third kappa shape index (κ3) is 3.31. The van der Waals surface area contributed by atoms with E-state index in [1.165, 1.54) is 12.1 Å². The molecule has 0 bridgehead atoms. The van der Waals surface area contributed by atoms with Crippen LogP contribution in [-0.4, -0.2) is 19.0 Å². The lowest BCUT2D eigenvalue weighted by atomic mass is 10.1. The van der Waals surface area contributed by atoms with E-state index in [2.05, 4.69) is 10.6 Å². The Kier molecular flexibility index (Phi) is 4.43. The van der Waals surface area contributed by atoms with Gasteiger partial charge < -0.3 is 10.6 Å². The van der Waals surface area contributed by atoms with Crippen molar-refractivity contribution in [2.24, 2.45) is 0 Å². The van der Waals surface area contributed by atoms with Crippen LogP contribution in [0.2, 0.25) is 0 Å². The molecule has 1 unspecified atom stereocenters. The van der Waals surface area contributed by atoms with Gasteiger partial charge in [0.05, 0.1) is 6.04 Å². The number of hydrogen-bond donors (Lipinski definition) is 2. The number of hydrogen-bond acceptors (Lipinski definition) is 2. The molecule has 1 atom stereocenters. The highest BCUT2D eigenvalue weighted by atomic mass is 19.1. The number of rotatable bonds is 4. The highest BCUT2D eigenvalue weighted by Crippen LogP contribution is 2.09. The van der Waals surface area contributed by atoms with Crippen LogP contribution in [0, 0.1) is 12.7 Å². The molecule has 3 nitrogen and oxygen atoms in total. The van der Waals surface area contributed by atoms with Gasteiger partial charge in [-0.3, -0.25) is 4.79 Å². The molecule has 16 heavy (non-hydrogen) atoms. The standard InChI is InChI=1S/C12H17FN2O/c1-8-6-11(13)5-4-10(8)7-15-9(2)12(16)14-3/h4-6,9,15H,7H2,1-3H3,(H,14,16). The molecule has 0 aliphatic rings. The summed E-state index contributed by atoms with van der Waals surface area (Å²) in [5.41, 5.74) is 1.88. The van der Waals surface area contributed by atoms with E-state index in [4.69, 9.17) is 0 Å². The molecular weight excluding hydrogens is 207 g/mol. The molecule has 0 heterocycles. The highest BCUT2D eigenvalue weighted by molar-refractivity contribution is 5.80. The van der Waals surface area contributed by atoms with Gasteiger partial charge in [-0.05, 0) is 37.1 Å². The van der Waals surface area contributed by atoms with Crippen molar-refractivity contribution >= 4 is 5.91 Å². The van der Waals surface area contributed by atoms with Crippen molar-refractivity contribution in [3.8, 4) is 0 Å². The molecule has 4 heteroatoms. The number of halogens is 1. The van der Waals surface area contributed by atoms with Gasteiger partial charge in [-0.1, -0.05) is 6.07 Å². The number of likely N-dealkylation sites (N-methyl/N-ethyl adjacent to an activating group) is 1. The molecule has 0 radical (unpaired) electrons. The Labute approximate surface area is 95.0 Å². The summed E-state index contributed by atoms with van der Waals surface area (Å²) in [4.78, 5) is 11.2. The topological polar surface area (TPSA) is 41.1 Å². The van der Waals surface area contributed by atoms with Crippen molar-refractivity contribution < 1.29 is 9.18 Å². The molecule has 1 aromatic rings. The second-order valence-electron chi connectivity index (χ2n) is 3.79. The maximum atomic E-state index is 12.8. The van der Waals surface area contributed by atoms with E-state index in [-0.39, 0.29) is 17.8 Å². The Morgan fingerprint density at radius 1 is 1.50 bits per heavy atom. The summed E-state index contributed by atoms with van der Waals surface area (Å²) in [6.45, 7) is 4.20. The number of nitrogens with one attached hydrogen (secondary N) is 2. The maximum absolute atomic E-state index is 12.8. The Morgan fingerprint density at radius 3 is 2.75 bits per heavy atom. The molecule has 1 amide bonds. The summed E-state index contributed by atoms with van der Waals surface area (Å²) in [7, 11) is 1.60. The zero-order chi connectivity index (χ0) is 12.1. The minimum Gasteiger partial charge on any atom is -0.358 e. The lowest BCUT2D eigenvalue weighted by molar-refractivity contribution is -0.122. The van der Waals surface area contributed by atoms with Gasteiger partial charge in [0.15, 0.2) is 0 Å². The van der Waals surface area contributed by atoms with E-state index in [9.17, 15) is 9.18 Å². The summed E-state index contributed by atoms with van der Waals surface area (Å²) in [6, 6.07) is 4.39. The number of carbonyl (C=O) groups is 1. The molecule has 0 spiro atoms. The van der Waals surface area contributed by atoms with Crippen LogP contribution in [0.5, 0.6) is 0 Å². The smallest absolute Gasteiger partial charge is 0.236 e. The quantitative estimate of drug-likeness (QED) is 0.810. The summed E-state index contributed by atoms with van der Waals surface area (Å²) < 4.78 is 12.8. The third-order valence-electron chi connectivity index (χ3n) is 2.54. The average Bonchev–Trinajstić information content (AvgIpc) is 2.26. The van der Waals surface area contributed by atoms with Crippen LogP contribution in [0.3, 0.4) is 0 Å². The lowest BCUT2D eigenvalue weighted by Crippen LogP contribution is -2.40. The van der Waals surface area contributed by atoms with Gasteiger partial charge in [0.25, 0.3) is 0 Å². The molecule has 1 rings (SSSR count). The van der Waals surface area contributed by atoms with Crippen LogP contribution in [0.1, 0.15) is 18.1 Å². The minimum absolute atomic E-state index is 0.0558. The number of benzene rings is 1. The Morgan fingerprint density at radius 2 is 2.19 bits per heavy atom. The zero-order valence-corrected chi connectivity index (χ0v) is 9.80. The van der Waals surface area contributed by atoms with Crippen LogP contribution < -0.4 is 10.6 Å². The van der Waals surface area contributed by atoms with E-state index in [1.807, 2.05) is 6.92 Å². The Bertz CT molecular complexity index is 379. The monoisotopic (exact) mass is 224 g/mol. The highest BCUT2D eigenvalue weighted by Gasteiger charge is 2.10. The Hall–Kier alpha value is -1.42. The largest absolute Gasteiger partial charge is 0.358 e.